The third kappa shape index (κ3) is 6.08. The monoisotopic (exact) mass is 505 g/mol. The summed E-state index contributed by atoms with van der Waals surface area (Å²) in [5, 5.41) is 4.38. The number of benzene rings is 1. The molecular weight excluding hydrogens is 470 g/mol. The van der Waals surface area contributed by atoms with Crippen LogP contribution in [0.15, 0.2) is 36.8 Å². The summed E-state index contributed by atoms with van der Waals surface area (Å²) in [4.78, 5) is 31.9. The second kappa shape index (κ2) is 11.3. The lowest BCUT2D eigenvalue weighted by Crippen LogP contribution is -2.45. The SMILES string of the molecule is Cc1cc(Nc2ncnc3cnc(N4CCOCC4)cc23)ccc1OC1CCN(C(=O)CN(C)C)CC1. The Balaban J connectivity index is 1.24. The largest absolute Gasteiger partial charge is 0.490 e. The molecule has 0 aliphatic carbocycles. The maximum atomic E-state index is 12.3. The molecule has 4 heterocycles. The molecule has 196 valence electrons. The Bertz CT molecular complexity index is 1240. The first-order valence-electron chi connectivity index (χ1n) is 12.9. The third-order valence-electron chi connectivity index (χ3n) is 6.82. The lowest BCUT2D eigenvalue weighted by atomic mass is 10.1. The van der Waals surface area contributed by atoms with Crippen molar-refractivity contribution in [2.75, 3.05) is 70.2 Å². The van der Waals surface area contributed by atoms with E-state index in [0.717, 1.165) is 78.6 Å². The average molecular weight is 506 g/mol. The van der Waals surface area contributed by atoms with Gasteiger partial charge in [0.1, 0.15) is 29.8 Å². The molecule has 0 atom stereocenters. The van der Waals surface area contributed by atoms with Crippen molar-refractivity contribution in [3.05, 3.63) is 42.4 Å². The predicted molar refractivity (Wildman–Crippen MR) is 144 cm³/mol. The fourth-order valence-electron chi connectivity index (χ4n) is 4.78. The number of amides is 1. The van der Waals surface area contributed by atoms with E-state index in [1.54, 1.807) is 12.5 Å². The first-order valence-corrected chi connectivity index (χ1v) is 12.9. The van der Waals surface area contributed by atoms with Crippen molar-refractivity contribution in [3.8, 4) is 5.75 Å². The van der Waals surface area contributed by atoms with Crippen LogP contribution in [0, 0.1) is 6.92 Å². The van der Waals surface area contributed by atoms with Gasteiger partial charge in [-0.1, -0.05) is 0 Å². The molecule has 0 radical (unpaired) electrons. The number of fused-ring (bicyclic) bond motifs is 1. The highest BCUT2D eigenvalue weighted by Crippen LogP contribution is 2.30. The number of aromatic nitrogens is 3. The lowest BCUT2D eigenvalue weighted by molar-refractivity contribution is -0.133. The van der Waals surface area contributed by atoms with Crippen LogP contribution in [0.4, 0.5) is 17.3 Å². The number of morpholine rings is 1. The molecule has 10 nitrogen and oxygen atoms in total. The van der Waals surface area contributed by atoms with E-state index in [1.807, 2.05) is 42.1 Å². The Morgan fingerprint density at radius 3 is 2.62 bits per heavy atom. The number of ether oxygens (including phenoxy) is 2. The number of piperidine rings is 1. The molecule has 2 fully saturated rings. The summed E-state index contributed by atoms with van der Waals surface area (Å²) < 4.78 is 11.8. The molecule has 2 aliphatic rings. The Morgan fingerprint density at radius 1 is 1.11 bits per heavy atom. The van der Waals surface area contributed by atoms with Gasteiger partial charge in [0.05, 0.1) is 31.5 Å². The summed E-state index contributed by atoms with van der Waals surface area (Å²) >= 11 is 0. The highest BCUT2D eigenvalue weighted by molar-refractivity contribution is 5.91. The lowest BCUT2D eigenvalue weighted by Gasteiger charge is -2.33. The number of anilines is 3. The molecular formula is C27H35N7O3. The van der Waals surface area contributed by atoms with E-state index in [0.29, 0.717) is 19.8 Å². The van der Waals surface area contributed by atoms with Crippen molar-refractivity contribution >= 4 is 34.1 Å². The highest BCUT2D eigenvalue weighted by atomic mass is 16.5. The van der Waals surface area contributed by atoms with Crippen LogP contribution in [0.25, 0.3) is 10.9 Å². The predicted octanol–water partition coefficient (Wildman–Crippen LogP) is 2.84. The molecule has 1 amide bonds. The summed E-state index contributed by atoms with van der Waals surface area (Å²) in [5.74, 6) is 2.70. The van der Waals surface area contributed by atoms with Gasteiger partial charge in [-0.05, 0) is 50.8 Å². The number of carbonyl (C=O) groups is 1. The van der Waals surface area contributed by atoms with Gasteiger partial charge in [-0.15, -0.1) is 0 Å². The third-order valence-corrected chi connectivity index (χ3v) is 6.82. The normalized spacial score (nSPS) is 16.9. The topological polar surface area (TPSA) is 96.0 Å². The Morgan fingerprint density at radius 2 is 1.89 bits per heavy atom. The molecule has 0 bridgehead atoms. The van der Waals surface area contributed by atoms with E-state index in [2.05, 4.69) is 38.2 Å². The number of likely N-dealkylation sites (tertiary alicyclic amines) is 1. The summed E-state index contributed by atoms with van der Waals surface area (Å²) in [6.07, 6.45) is 5.14. The molecule has 2 aliphatic heterocycles. The number of aryl methyl sites for hydroxylation is 1. The first kappa shape index (κ1) is 25.2. The second-order valence-corrected chi connectivity index (χ2v) is 9.92. The van der Waals surface area contributed by atoms with Gasteiger partial charge >= 0.3 is 0 Å². The van der Waals surface area contributed by atoms with Crippen molar-refractivity contribution in [1.29, 1.82) is 0 Å². The van der Waals surface area contributed by atoms with Crippen molar-refractivity contribution in [2.24, 2.45) is 0 Å². The molecule has 10 heteroatoms. The number of rotatable bonds is 7. The Kier molecular flexibility index (Phi) is 7.66. The smallest absolute Gasteiger partial charge is 0.236 e. The van der Waals surface area contributed by atoms with Crippen molar-refractivity contribution in [2.45, 2.75) is 25.9 Å². The molecule has 5 rings (SSSR count). The zero-order chi connectivity index (χ0) is 25.8. The number of likely N-dealkylation sites (N-methyl/N-ethyl adjacent to an activating group) is 1. The van der Waals surface area contributed by atoms with Crippen LogP contribution in [0.3, 0.4) is 0 Å². The minimum atomic E-state index is 0.109. The maximum absolute atomic E-state index is 12.3. The van der Waals surface area contributed by atoms with Crippen LogP contribution in [0.5, 0.6) is 5.75 Å². The Labute approximate surface area is 217 Å². The van der Waals surface area contributed by atoms with Crippen molar-refractivity contribution < 1.29 is 14.3 Å². The molecule has 37 heavy (non-hydrogen) atoms. The van der Waals surface area contributed by atoms with Gasteiger partial charge in [0, 0.05) is 50.1 Å². The quantitative estimate of drug-likeness (QED) is 0.520. The number of nitrogens with zero attached hydrogens (tertiary/aromatic N) is 6. The zero-order valence-corrected chi connectivity index (χ0v) is 21.8. The number of hydrogen-bond donors (Lipinski definition) is 1. The summed E-state index contributed by atoms with van der Waals surface area (Å²) in [7, 11) is 3.84. The van der Waals surface area contributed by atoms with E-state index >= 15 is 0 Å². The summed E-state index contributed by atoms with van der Waals surface area (Å²) in [6, 6.07) is 8.13. The van der Waals surface area contributed by atoms with E-state index < -0.39 is 0 Å². The van der Waals surface area contributed by atoms with Gasteiger partial charge in [0.25, 0.3) is 0 Å². The summed E-state index contributed by atoms with van der Waals surface area (Å²) in [5.41, 5.74) is 2.77. The molecule has 1 N–H and O–H groups in total. The fourth-order valence-corrected chi connectivity index (χ4v) is 4.78. The minimum absolute atomic E-state index is 0.109. The van der Waals surface area contributed by atoms with Crippen LogP contribution >= 0.6 is 0 Å². The van der Waals surface area contributed by atoms with E-state index in [-0.39, 0.29) is 12.0 Å². The number of hydrogen-bond acceptors (Lipinski definition) is 9. The first-order chi connectivity index (χ1) is 18.0. The van der Waals surface area contributed by atoms with Crippen LogP contribution in [0.2, 0.25) is 0 Å². The van der Waals surface area contributed by atoms with Crippen LogP contribution in [0.1, 0.15) is 18.4 Å². The second-order valence-electron chi connectivity index (χ2n) is 9.92. The Hall–Kier alpha value is -3.50. The molecule has 2 aromatic heterocycles. The maximum Gasteiger partial charge on any atom is 0.236 e. The molecule has 0 spiro atoms. The fraction of sp³-hybridized carbons (Fsp3) is 0.481. The van der Waals surface area contributed by atoms with Crippen LogP contribution in [-0.2, 0) is 9.53 Å². The van der Waals surface area contributed by atoms with Crippen molar-refractivity contribution in [3.63, 3.8) is 0 Å². The molecule has 2 saturated heterocycles. The molecule has 0 saturated carbocycles. The zero-order valence-electron chi connectivity index (χ0n) is 21.8. The standard InChI is InChI=1S/C27H35N7O3/c1-19-14-20(4-5-24(19)37-21-6-8-34(9-7-21)26(35)17-32(2)3)31-27-22-15-25(33-10-12-36-13-11-33)28-16-23(22)29-18-30-27/h4-5,14-16,18,21H,6-13,17H2,1-3H3,(H,29,30,31). The van der Waals surface area contributed by atoms with Crippen LogP contribution in [-0.4, -0.2) is 96.8 Å². The molecule has 1 aromatic carbocycles. The van der Waals surface area contributed by atoms with Gasteiger partial charge < -0.3 is 29.5 Å². The highest BCUT2D eigenvalue weighted by Gasteiger charge is 2.24. The molecule has 3 aromatic rings. The minimum Gasteiger partial charge on any atom is -0.490 e. The van der Waals surface area contributed by atoms with E-state index in [9.17, 15) is 4.79 Å². The summed E-state index contributed by atoms with van der Waals surface area (Å²) in [6.45, 7) is 7.02. The van der Waals surface area contributed by atoms with Crippen LogP contribution < -0.4 is 15.0 Å². The average Bonchev–Trinajstić information content (AvgIpc) is 2.91. The van der Waals surface area contributed by atoms with Gasteiger partial charge in [-0.25, -0.2) is 15.0 Å². The van der Waals surface area contributed by atoms with Gasteiger partial charge in [0.2, 0.25) is 5.91 Å². The number of nitrogens with one attached hydrogen (secondary N) is 1. The van der Waals surface area contributed by atoms with E-state index in [1.165, 1.54) is 0 Å². The van der Waals surface area contributed by atoms with Crippen molar-refractivity contribution in [1.82, 2.24) is 24.8 Å². The number of pyridine rings is 1. The van der Waals surface area contributed by atoms with Gasteiger partial charge in [-0.3, -0.25) is 4.79 Å². The van der Waals surface area contributed by atoms with Gasteiger partial charge in [-0.2, -0.15) is 0 Å². The number of carbonyl (C=O) groups excluding carboxylic acids is 1. The van der Waals surface area contributed by atoms with Gasteiger partial charge in [0.15, 0.2) is 0 Å². The van der Waals surface area contributed by atoms with E-state index in [4.69, 9.17) is 9.47 Å². The molecule has 0 unspecified atom stereocenters.